The molecule has 1 aromatic carbocycles. The maximum atomic E-state index is 11.8. The van der Waals surface area contributed by atoms with Crippen molar-refractivity contribution in [1.29, 1.82) is 0 Å². The van der Waals surface area contributed by atoms with Gasteiger partial charge in [0, 0.05) is 52.7 Å². The van der Waals surface area contributed by atoms with Crippen molar-refractivity contribution in [1.82, 2.24) is 30.3 Å². The Hall–Kier alpha value is -2.21. The molecule has 2 aliphatic rings. The number of hydrogen-bond acceptors (Lipinski definition) is 5. The van der Waals surface area contributed by atoms with Crippen LogP contribution in [0.15, 0.2) is 29.3 Å². The number of aromatic nitrogens is 3. The fourth-order valence-corrected chi connectivity index (χ4v) is 4.10. The van der Waals surface area contributed by atoms with E-state index >= 15 is 0 Å². The molecule has 174 valence electrons. The summed E-state index contributed by atoms with van der Waals surface area (Å²) in [5.74, 6) is 2.79. The fraction of sp³-hybridized carbons (Fsp3) is 0.545. The summed E-state index contributed by atoms with van der Waals surface area (Å²) in [7, 11) is 3.44. The molecular weight excluding hydrogens is 521 g/mol. The van der Waals surface area contributed by atoms with Gasteiger partial charge in [-0.1, -0.05) is 24.3 Å². The lowest BCUT2D eigenvalue weighted by Gasteiger charge is -2.25. The summed E-state index contributed by atoms with van der Waals surface area (Å²) >= 11 is 0. The van der Waals surface area contributed by atoms with Crippen molar-refractivity contribution < 1.29 is 9.53 Å². The van der Waals surface area contributed by atoms with Crippen LogP contribution in [-0.2, 0) is 42.2 Å². The molecule has 1 saturated heterocycles. The van der Waals surface area contributed by atoms with E-state index in [1.165, 1.54) is 11.1 Å². The number of carbonyl (C=O) groups excluding carboxylic acids is 1. The molecular formula is C22H32IN7O2. The van der Waals surface area contributed by atoms with Gasteiger partial charge in [-0.25, -0.2) is 9.67 Å². The number of benzene rings is 1. The van der Waals surface area contributed by atoms with E-state index in [9.17, 15) is 4.79 Å². The van der Waals surface area contributed by atoms with Crippen molar-refractivity contribution in [2.75, 3.05) is 20.7 Å². The number of halogens is 1. The molecule has 0 aliphatic carbocycles. The molecule has 3 heterocycles. The zero-order valence-corrected chi connectivity index (χ0v) is 21.0. The maximum Gasteiger partial charge on any atom is 0.222 e. The number of aryl methyl sites for hydroxylation is 1. The summed E-state index contributed by atoms with van der Waals surface area (Å²) in [5.41, 5.74) is 2.34. The number of hydrogen-bond donors (Lipinski definition) is 2. The lowest BCUT2D eigenvalue weighted by Crippen LogP contribution is -2.46. The molecule has 1 unspecified atom stereocenters. The van der Waals surface area contributed by atoms with Crippen LogP contribution >= 0.6 is 24.0 Å². The molecule has 9 nitrogen and oxygen atoms in total. The van der Waals surface area contributed by atoms with E-state index in [0.29, 0.717) is 26.1 Å². The number of fused-ring (bicyclic) bond motifs is 1. The van der Waals surface area contributed by atoms with E-state index in [1.807, 2.05) is 9.58 Å². The summed E-state index contributed by atoms with van der Waals surface area (Å²) in [6.45, 7) is 3.45. The van der Waals surface area contributed by atoms with E-state index < -0.39 is 0 Å². The van der Waals surface area contributed by atoms with Gasteiger partial charge in [-0.2, -0.15) is 5.10 Å². The Morgan fingerprint density at radius 2 is 2.03 bits per heavy atom. The molecule has 1 fully saturated rings. The number of rotatable bonds is 7. The number of likely N-dealkylation sites (tertiary alicyclic amines) is 1. The molecule has 0 radical (unpaired) electrons. The molecule has 2 aliphatic heterocycles. The van der Waals surface area contributed by atoms with Crippen molar-refractivity contribution in [3.63, 3.8) is 0 Å². The summed E-state index contributed by atoms with van der Waals surface area (Å²) in [5, 5.41) is 11.4. The molecule has 10 heteroatoms. The van der Waals surface area contributed by atoms with Crippen LogP contribution in [0, 0.1) is 0 Å². The van der Waals surface area contributed by atoms with Gasteiger partial charge >= 0.3 is 0 Å². The molecule has 0 saturated carbocycles. The third-order valence-corrected chi connectivity index (χ3v) is 5.77. The predicted molar refractivity (Wildman–Crippen MR) is 133 cm³/mol. The van der Waals surface area contributed by atoms with Crippen molar-refractivity contribution in [3.05, 3.63) is 47.0 Å². The number of carbonyl (C=O) groups is 1. The van der Waals surface area contributed by atoms with Gasteiger partial charge < -0.3 is 20.3 Å². The summed E-state index contributed by atoms with van der Waals surface area (Å²) in [4.78, 5) is 22.6. The van der Waals surface area contributed by atoms with E-state index in [0.717, 1.165) is 50.0 Å². The average Bonchev–Trinajstić information content (AvgIpc) is 3.37. The monoisotopic (exact) mass is 553 g/mol. The number of nitrogens with zero attached hydrogens (tertiary/aromatic N) is 5. The first-order chi connectivity index (χ1) is 15.1. The van der Waals surface area contributed by atoms with Gasteiger partial charge in [0.05, 0.1) is 6.54 Å². The second kappa shape index (κ2) is 11.6. The first-order valence-electron chi connectivity index (χ1n) is 10.9. The quantitative estimate of drug-likeness (QED) is 0.309. The van der Waals surface area contributed by atoms with E-state index in [4.69, 9.17) is 4.74 Å². The van der Waals surface area contributed by atoms with Crippen LogP contribution in [0.2, 0.25) is 0 Å². The van der Waals surface area contributed by atoms with Gasteiger partial charge in [-0.3, -0.25) is 9.79 Å². The highest BCUT2D eigenvalue weighted by Gasteiger charge is 2.22. The van der Waals surface area contributed by atoms with E-state index in [-0.39, 0.29) is 35.9 Å². The van der Waals surface area contributed by atoms with Crippen molar-refractivity contribution in [2.45, 2.75) is 58.0 Å². The number of guanidine groups is 1. The van der Waals surface area contributed by atoms with Crippen LogP contribution in [0.4, 0.5) is 0 Å². The minimum absolute atomic E-state index is 0. The minimum Gasteiger partial charge on any atom is -0.377 e. The Balaban J connectivity index is 0.00000289. The van der Waals surface area contributed by atoms with Gasteiger partial charge in [0.15, 0.2) is 11.8 Å². The number of methoxy groups -OCH3 is 1. The lowest BCUT2D eigenvalue weighted by molar-refractivity contribution is -0.128. The zero-order valence-electron chi connectivity index (χ0n) is 18.7. The van der Waals surface area contributed by atoms with E-state index in [1.54, 1.807) is 14.2 Å². The minimum atomic E-state index is 0. The number of aliphatic imine (C=N–C) groups is 1. The predicted octanol–water partition coefficient (Wildman–Crippen LogP) is 1.84. The zero-order chi connectivity index (χ0) is 21.6. The number of amides is 1. The van der Waals surface area contributed by atoms with Gasteiger partial charge in [0.1, 0.15) is 12.4 Å². The standard InChI is InChI=1S/C22H31N7O2.HI/c1-23-22(25-18-9-10-20-26-19(15-31-2)27-29(20)14-18)24-12-16-5-7-17(8-6-16)13-28-11-3-4-21(28)30;/h5-8,18H,3-4,9-15H2,1-2H3,(H2,23,24,25);1H. The smallest absolute Gasteiger partial charge is 0.222 e. The van der Waals surface area contributed by atoms with Crippen molar-refractivity contribution in [2.24, 2.45) is 4.99 Å². The third kappa shape index (κ3) is 6.18. The molecule has 2 N–H and O–H groups in total. The number of nitrogens with one attached hydrogen (secondary N) is 2. The summed E-state index contributed by atoms with van der Waals surface area (Å²) < 4.78 is 7.10. The van der Waals surface area contributed by atoms with Crippen LogP contribution in [0.3, 0.4) is 0 Å². The average molecular weight is 553 g/mol. The van der Waals surface area contributed by atoms with Gasteiger partial charge in [0.25, 0.3) is 0 Å². The normalized spacial score (nSPS) is 18.3. The van der Waals surface area contributed by atoms with Crippen LogP contribution < -0.4 is 10.6 Å². The largest absolute Gasteiger partial charge is 0.377 e. The van der Waals surface area contributed by atoms with Crippen LogP contribution in [0.5, 0.6) is 0 Å². The van der Waals surface area contributed by atoms with Gasteiger partial charge in [-0.05, 0) is 24.0 Å². The van der Waals surface area contributed by atoms with Crippen LogP contribution in [0.25, 0.3) is 0 Å². The Labute approximate surface area is 206 Å². The van der Waals surface area contributed by atoms with Crippen LogP contribution in [0.1, 0.15) is 42.0 Å². The van der Waals surface area contributed by atoms with Crippen molar-refractivity contribution >= 4 is 35.8 Å². The lowest BCUT2D eigenvalue weighted by atomic mass is 10.1. The molecule has 4 rings (SSSR count). The molecule has 1 amide bonds. The maximum absolute atomic E-state index is 11.8. The highest BCUT2D eigenvalue weighted by Crippen LogP contribution is 2.15. The summed E-state index contributed by atoms with van der Waals surface area (Å²) in [6, 6.07) is 8.66. The SMILES string of the molecule is CN=C(NCc1ccc(CN2CCCC2=O)cc1)NC1CCc2nc(COC)nn2C1.I. The molecule has 1 atom stereocenters. The topological polar surface area (TPSA) is 96.7 Å². The summed E-state index contributed by atoms with van der Waals surface area (Å²) in [6.07, 6.45) is 3.52. The Kier molecular flexibility index (Phi) is 8.85. The van der Waals surface area contributed by atoms with Gasteiger partial charge in [0.2, 0.25) is 5.91 Å². The second-order valence-corrected chi connectivity index (χ2v) is 8.10. The fourth-order valence-electron chi connectivity index (χ4n) is 4.10. The molecule has 0 spiro atoms. The Bertz CT molecular complexity index is 929. The molecule has 1 aromatic heterocycles. The first-order valence-corrected chi connectivity index (χ1v) is 10.9. The Morgan fingerprint density at radius 3 is 2.72 bits per heavy atom. The first kappa shape index (κ1) is 24.4. The highest BCUT2D eigenvalue weighted by molar-refractivity contribution is 14.0. The molecule has 32 heavy (non-hydrogen) atoms. The van der Waals surface area contributed by atoms with Crippen LogP contribution in [-0.4, -0.2) is 58.3 Å². The van der Waals surface area contributed by atoms with Crippen molar-refractivity contribution in [3.8, 4) is 0 Å². The molecule has 0 bridgehead atoms. The third-order valence-electron chi connectivity index (χ3n) is 5.77. The molecule has 2 aromatic rings. The second-order valence-electron chi connectivity index (χ2n) is 8.10. The van der Waals surface area contributed by atoms with E-state index in [2.05, 4.69) is 50.0 Å². The Morgan fingerprint density at radius 1 is 1.25 bits per heavy atom. The number of ether oxygens (including phenoxy) is 1. The highest BCUT2D eigenvalue weighted by atomic mass is 127. The van der Waals surface area contributed by atoms with Gasteiger partial charge in [-0.15, -0.1) is 24.0 Å².